The molecule has 1 aliphatic carbocycles. The minimum atomic E-state index is -3.11. The molecule has 0 saturated heterocycles. The normalized spacial score (nSPS) is 19.3. The van der Waals surface area contributed by atoms with Crippen LogP contribution in [0.1, 0.15) is 44.9 Å². The molecular weight excluding hydrogens is 484 g/mol. The highest BCUT2D eigenvalue weighted by molar-refractivity contribution is 6.44. The summed E-state index contributed by atoms with van der Waals surface area (Å²) in [7, 11) is 0. The number of aromatic nitrogens is 1. The van der Waals surface area contributed by atoms with Crippen LogP contribution in [-0.2, 0) is 17.8 Å². The number of rotatable bonds is 8. The number of fused-ring (bicyclic) bond motifs is 1. The molecule has 1 aromatic heterocycles. The third-order valence-corrected chi connectivity index (χ3v) is 6.00. The lowest BCUT2D eigenvalue weighted by Gasteiger charge is -2.43. The van der Waals surface area contributed by atoms with Gasteiger partial charge >= 0.3 is 0 Å². The predicted octanol–water partition coefficient (Wildman–Crippen LogP) is 3.61. The molecule has 1 saturated carbocycles. The first kappa shape index (κ1) is 25.1. The van der Waals surface area contributed by atoms with E-state index in [-0.39, 0.29) is 41.2 Å². The maximum atomic E-state index is 14.3. The molecule has 13 heteroatoms. The largest absolute Gasteiger partial charge is 0.337 e. The van der Waals surface area contributed by atoms with Crippen molar-refractivity contribution in [3.63, 3.8) is 0 Å². The second-order valence-corrected chi connectivity index (χ2v) is 8.73. The van der Waals surface area contributed by atoms with Gasteiger partial charge in [0.25, 0.3) is 23.5 Å². The number of nitrogens with zero attached hydrogens (tertiary/aromatic N) is 3. The van der Waals surface area contributed by atoms with Gasteiger partial charge in [-0.3, -0.25) is 19.8 Å². The minimum absolute atomic E-state index is 0.0367. The first-order chi connectivity index (χ1) is 16.9. The third-order valence-electron chi connectivity index (χ3n) is 6.00. The van der Waals surface area contributed by atoms with Crippen molar-refractivity contribution in [2.45, 2.75) is 50.5 Å². The Morgan fingerprint density at radius 1 is 1.19 bits per heavy atom. The van der Waals surface area contributed by atoms with Crippen LogP contribution in [0.25, 0.3) is 0 Å². The zero-order chi connectivity index (χ0) is 26.3. The van der Waals surface area contributed by atoms with Crippen molar-refractivity contribution in [3.8, 4) is 0 Å². The smallest absolute Gasteiger partial charge is 0.294 e. The fraction of sp³-hybridized carbons (Fsp3) is 0.348. The van der Waals surface area contributed by atoms with Gasteiger partial charge in [-0.1, -0.05) is 11.8 Å². The van der Waals surface area contributed by atoms with Gasteiger partial charge in [-0.2, -0.15) is 0 Å². The van der Waals surface area contributed by atoms with E-state index in [0.717, 1.165) is 18.3 Å². The number of amides is 2. The Hall–Kier alpha value is -4.03. The number of carbonyl (C=O) groups is 3. The average Bonchev–Trinajstić information content (AvgIpc) is 3.26. The van der Waals surface area contributed by atoms with E-state index in [9.17, 15) is 31.9 Å². The molecule has 190 valence electrons. The molecule has 2 aromatic rings. The summed E-state index contributed by atoms with van der Waals surface area (Å²) in [6.45, 7) is 4.56. The number of hydrogen-bond acceptors (Lipinski definition) is 5. The van der Waals surface area contributed by atoms with Gasteiger partial charge in [0.15, 0.2) is 5.66 Å². The maximum Gasteiger partial charge on any atom is 0.294 e. The van der Waals surface area contributed by atoms with Crippen molar-refractivity contribution < 1.29 is 31.9 Å². The highest BCUT2D eigenvalue weighted by Crippen LogP contribution is 2.46. The second kappa shape index (κ2) is 9.21. The Morgan fingerprint density at radius 2 is 1.86 bits per heavy atom. The summed E-state index contributed by atoms with van der Waals surface area (Å²) in [6, 6.07) is 4.95. The molecule has 2 heterocycles. The lowest BCUT2D eigenvalue weighted by atomic mass is 9.81. The summed E-state index contributed by atoms with van der Waals surface area (Å²) in [5, 5.41) is 11.9. The van der Waals surface area contributed by atoms with Gasteiger partial charge in [0, 0.05) is 24.0 Å². The SMILES string of the molecule is C=CN/N=N\C1(NC(=O)C(=O)c2c(C)c(C(=O)Nc3ccc(F)cc3)n3c2CC(F)C3)CC(F)(F)C1. The Bertz CT molecular complexity index is 1260. The topological polar surface area (TPSA) is 117 Å². The Labute approximate surface area is 202 Å². The second-order valence-electron chi connectivity index (χ2n) is 8.73. The zero-order valence-electron chi connectivity index (χ0n) is 19.1. The van der Waals surface area contributed by atoms with Crippen molar-refractivity contribution in [1.82, 2.24) is 15.3 Å². The summed E-state index contributed by atoms with van der Waals surface area (Å²) >= 11 is 0. The van der Waals surface area contributed by atoms with E-state index < -0.39 is 54.0 Å². The fourth-order valence-corrected chi connectivity index (χ4v) is 4.55. The minimum Gasteiger partial charge on any atom is -0.337 e. The first-order valence-corrected chi connectivity index (χ1v) is 10.9. The van der Waals surface area contributed by atoms with Crippen LogP contribution in [0.15, 0.2) is 47.4 Å². The summed E-state index contributed by atoms with van der Waals surface area (Å²) in [4.78, 5) is 39.0. The van der Waals surface area contributed by atoms with Crippen LogP contribution in [0.3, 0.4) is 0 Å². The van der Waals surface area contributed by atoms with E-state index >= 15 is 0 Å². The highest BCUT2D eigenvalue weighted by Gasteiger charge is 2.59. The van der Waals surface area contributed by atoms with Gasteiger partial charge in [0.05, 0.1) is 24.9 Å². The van der Waals surface area contributed by atoms with Crippen molar-refractivity contribution in [2.75, 3.05) is 5.32 Å². The van der Waals surface area contributed by atoms with E-state index in [2.05, 4.69) is 33.0 Å². The molecule has 36 heavy (non-hydrogen) atoms. The molecule has 2 aliphatic rings. The van der Waals surface area contributed by atoms with Crippen LogP contribution in [0, 0.1) is 12.7 Å². The number of nitrogens with one attached hydrogen (secondary N) is 3. The Morgan fingerprint density at radius 3 is 2.47 bits per heavy atom. The maximum absolute atomic E-state index is 14.3. The number of Topliss-reactive ketones (excluding diaryl/α,β-unsaturated/α-hetero) is 1. The quantitative estimate of drug-likeness (QED) is 0.167. The van der Waals surface area contributed by atoms with E-state index in [0.29, 0.717) is 0 Å². The van der Waals surface area contributed by atoms with Crippen molar-refractivity contribution >= 4 is 23.3 Å². The van der Waals surface area contributed by atoms with Gasteiger partial charge in [-0.25, -0.2) is 17.6 Å². The van der Waals surface area contributed by atoms with Crippen LogP contribution in [0.4, 0.5) is 23.2 Å². The molecule has 0 bridgehead atoms. The number of alkyl halides is 3. The molecule has 0 radical (unpaired) electrons. The zero-order valence-corrected chi connectivity index (χ0v) is 19.1. The molecular formula is C23H22F4N6O3. The van der Waals surface area contributed by atoms with Gasteiger partial charge in [0.1, 0.15) is 17.7 Å². The molecule has 1 atom stereocenters. The van der Waals surface area contributed by atoms with Crippen LogP contribution in [0.2, 0.25) is 0 Å². The molecule has 2 amide bonds. The summed E-state index contributed by atoms with van der Waals surface area (Å²) in [6.07, 6.45) is -2.22. The molecule has 1 aliphatic heterocycles. The van der Waals surface area contributed by atoms with Crippen molar-refractivity contribution in [3.05, 3.63) is 65.4 Å². The fourth-order valence-electron chi connectivity index (χ4n) is 4.55. The van der Waals surface area contributed by atoms with E-state index in [1.165, 1.54) is 23.6 Å². The van der Waals surface area contributed by atoms with Gasteiger partial charge in [-0.15, -0.1) is 5.11 Å². The number of benzene rings is 1. The molecule has 9 nitrogen and oxygen atoms in total. The monoisotopic (exact) mass is 506 g/mol. The molecule has 1 aromatic carbocycles. The van der Waals surface area contributed by atoms with Crippen LogP contribution >= 0.6 is 0 Å². The molecule has 3 N–H and O–H groups in total. The lowest BCUT2D eigenvalue weighted by molar-refractivity contribution is -0.144. The average molecular weight is 506 g/mol. The van der Waals surface area contributed by atoms with Gasteiger partial charge in [0.2, 0.25) is 0 Å². The molecule has 1 unspecified atom stereocenters. The Kier molecular flexibility index (Phi) is 6.41. The molecule has 0 spiro atoms. The van der Waals surface area contributed by atoms with Crippen molar-refractivity contribution in [1.29, 1.82) is 0 Å². The summed E-state index contributed by atoms with van der Waals surface area (Å²) < 4.78 is 56.0. The van der Waals surface area contributed by atoms with Crippen LogP contribution in [0.5, 0.6) is 0 Å². The number of anilines is 1. The van der Waals surface area contributed by atoms with Gasteiger partial charge in [-0.05, 0) is 36.8 Å². The summed E-state index contributed by atoms with van der Waals surface area (Å²) in [5.74, 6) is -6.66. The number of halogens is 4. The number of hydrogen-bond donors (Lipinski definition) is 3. The number of carbonyl (C=O) groups excluding carboxylic acids is 3. The van der Waals surface area contributed by atoms with E-state index in [4.69, 9.17) is 0 Å². The standard InChI is InChI=1S/C23H22F4N6O3/c1-3-28-32-31-23(10-22(26,27)11-23)30-21(36)19(34)17-12(2)18(33-9-14(25)8-16(17)33)20(35)29-15-6-4-13(24)5-7-15/h3-7,14H,1,8-11H2,2H3,(H,28,31)(H,29,35)(H,30,36). The number of ketones is 1. The van der Waals surface area contributed by atoms with Gasteiger partial charge < -0.3 is 15.2 Å². The highest BCUT2D eigenvalue weighted by atomic mass is 19.3. The van der Waals surface area contributed by atoms with Crippen LogP contribution < -0.4 is 16.1 Å². The molecule has 4 rings (SSSR count). The van der Waals surface area contributed by atoms with E-state index in [1.807, 2.05) is 0 Å². The lowest BCUT2D eigenvalue weighted by Crippen LogP contribution is -2.62. The predicted molar refractivity (Wildman–Crippen MR) is 120 cm³/mol. The Balaban J connectivity index is 1.62. The first-order valence-electron chi connectivity index (χ1n) is 10.9. The summed E-state index contributed by atoms with van der Waals surface area (Å²) in [5.41, 5.74) is 0.759. The van der Waals surface area contributed by atoms with Crippen LogP contribution in [-0.4, -0.2) is 39.9 Å². The third kappa shape index (κ3) is 4.72. The van der Waals surface area contributed by atoms with Crippen molar-refractivity contribution in [2.24, 2.45) is 10.3 Å². The van der Waals surface area contributed by atoms with E-state index in [1.54, 1.807) is 0 Å². The molecule has 1 fully saturated rings.